The van der Waals surface area contributed by atoms with Gasteiger partial charge in [-0.3, -0.25) is 14.4 Å². The van der Waals surface area contributed by atoms with Gasteiger partial charge in [-0.15, -0.1) is 0 Å². The largest absolute Gasteiger partial charge is 0.481 e. The standard InChI is InChI=1S/C16H29NO6/c1-2-3-4-5-6-7-8-9-10-12(15(20)21)13(11-14(18)19)16(22)23-17/h12-13H,2-11,17H2,1H3,(H,18,19)(H,20,21). The fourth-order valence-corrected chi connectivity index (χ4v) is 2.66. The van der Waals surface area contributed by atoms with Crippen molar-refractivity contribution in [3.63, 3.8) is 0 Å². The molecule has 0 aromatic rings. The summed E-state index contributed by atoms with van der Waals surface area (Å²) in [6, 6.07) is 0. The van der Waals surface area contributed by atoms with E-state index in [1.165, 1.54) is 25.7 Å². The Labute approximate surface area is 137 Å². The summed E-state index contributed by atoms with van der Waals surface area (Å²) in [5, 5.41) is 18.1. The number of aliphatic carboxylic acids is 2. The van der Waals surface area contributed by atoms with Gasteiger partial charge in [0.2, 0.25) is 0 Å². The first kappa shape index (κ1) is 21.4. The van der Waals surface area contributed by atoms with Crippen LogP contribution in [0.5, 0.6) is 0 Å². The van der Waals surface area contributed by atoms with Crippen molar-refractivity contribution in [2.75, 3.05) is 0 Å². The fourth-order valence-electron chi connectivity index (χ4n) is 2.66. The molecule has 0 heterocycles. The van der Waals surface area contributed by atoms with Crippen molar-refractivity contribution >= 4 is 17.9 Å². The summed E-state index contributed by atoms with van der Waals surface area (Å²) in [5.74, 6) is -0.971. The SMILES string of the molecule is CCCCCCCCCCC(C(=O)O)C(CC(=O)O)C(=O)ON. The third-order valence-electron chi connectivity index (χ3n) is 3.99. The molecule has 0 aliphatic carbocycles. The Morgan fingerprint density at radius 1 is 0.913 bits per heavy atom. The van der Waals surface area contributed by atoms with Crippen molar-refractivity contribution in [3.05, 3.63) is 0 Å². The Balaban J connectivity index is 4.29. The van der Waals surface area contributed by atoms with Crippen LogP contribution in [0.2, 0.25) is 0 Å². The first-order chi connectivity index (χ1) is 10.9. The molecule has 0 aromatic heterocycles. The van der Waals surface area contributed by atoms with Crippen molar-refractivity contribution in [1.29, 1.82) is 0 Å². The van der Waals surface area contributed by atoms with E-state index in [0.717, 1.165) is 19.3 Å². The van der Waals surface area contributed by atoms with Gasteiger partial charge in [-0.25, -0.2) is 0 Å². The number of carbonyl (C=O) groups excluding carboxylic acids is 1. The summed E-state index contributed by atoms with van der Waals surface area (Å²) in [4.78, 5) is 37.8. The quantitative estimate of drug-likeness (QED) is 0.330. The minimum absolute atomic E-state index is 0.247. The topological polar surface area (TPSA) is 127 Å². The highest BCUT2D eigenvalue weighted by atomic mass is 16.7. The number of carbonyl (C=O) groups is 3. The van der Waals surface area contributed by atoms with Crippen LogP contribution in [-0.4, -0.2) is 28.1 Å². The van der Waals surface area contributed by atoms with Crippen LogP contribution in [0, 0.1) is 11.8 Å². The monoisotopic (exact) mass is 331 g/mol. The lowest BCUT2D eigenvalue weighted by Crippen LogP contribution is -2.34. The molecule has 0 aromatic carbocycles. The van der Waals surface area contributed by atoms with Gasteiger partial charge in [0.05, 0.1) is 18.3 Å². The van der Waals surface area contributed by atoms with E-state index in [0.29, 0.717) is 6.42 Å². The van der Waals surface area contributed by atoms with E-state index >= 15 is 0 Å². The molecule has 4 N–H and O–H groups in total. The van der Waals surface area contributed by atoms with Crippen LogP contribution in [0.4, 0.5) is 0 Å². The molecule has 0 aliphatic rings. The number of unbranched alkanes of at least 4 members (excludes halogenated alkanes) is 7. The van der Waals surface area contributed by atoms with Crippen LogP contribution in [-0.2, 0) is 19.2 Å². The molecule has 23 heavy (non-hydrogen) atoms. The van der Waals surface area contributed by atoms with E-state index in [2.05, 4.69) is 11.8 Å². The Morgan fingerprint density at radius 3 is 1.87 bits per heavy atom. The second-order valence-corrected chi connectivity index (χ2v) is 5.85. The maximum absolute atomic E-state index is 11.6. The normalized spacial score (nSPS) is 13.3. The summed E-state index contributed by atoms with van der Waals surface area (Å²) in [7, 11) is 0. The summed E-state index contributed by atoms with van der Waals surface area (Å²) >= 11 is 0. The van der Waals surface area contributed by atoms with Gasteiger partial charge in [0.25, 0.3) is 0 Å². The summed E-state index contributed by atoms with van der Waals surface area (Å²) < 4.78 is 0. The van der Waals surface area contributed by atoms with Gasteiger partial charge in [0, 0.05) is 0 Å². The van der Waals surface area contributed by atoms with Crippen LogP contribution in [0.25, 0.3) is 0 Å². The van der Waals surface area contributed by atoms with Crippen LogP contribution >= 0.6 is 0 Å². The van der Waals surface area contributed by atoms with E-state index in [9.17, 15) is 19.5 Å². The molecule has 0 radical (unpaired) electrons. The van der Waals surface area contributed by atoms with Gasteiger partial charge in [0.15, 0.2) is 0 Å². The third-order valence-corrected chi connectivity index (χ3v) is 3.99. The Hall–Kier alpha value is -1.63. The molecule has 0 aliphatic heterocycles. The molecule has 2 atom stereocenters. The minimum atomic E-state index is -1.25. The second-order valence-electron chi connectivity index (χ2n) is 5.85. The predicted octanol–water partition coefficient (Wildman–Crippen LogP) is 2.73. The second kappa shape index (κ2) is 12.9. The highest BCUT2D eigenvalue weighted by molar-refractivity contribution is 5.84. The van der Waals surface area contributed by atoms with Crippen LogP contribution in [0.1, 0.15) is 71.1 Å². The molecule has 0 saturated heterocycles. The Bertz CT molecular complexity index is 372. The molecule has 7 heteroatoms. The smallest absolute Gasteiger partial charge is 0.328 e. The highest BCUT2D eigenvalue weighted by Crippen LogP contribution is 2.24. The lowest BCUT2D eigenvalue weighted by atomic mass is 9.85. The number of hydrogen-bond donors (Lipinski definition) is 3. The number of carboxylic acid groups (broad SMARTS) is 2. The molecule has 0 fully saturated rings. The summed E-state index contributed by atoms with van der Waals surface area (Å²) in [6.45, 7) is 2.16. The van der Waals surface area contributed by atoms with Crippen molar-refractivity contribution in [3.8, 4) is 0 Å². The lowest BCUT2D eigenvalue weighted by Gasteiger charge is -2.19. The molecule has 134 valence electrons. The van der Waals surface area contributed by atoms with E-state index < -0.39 is 36.2 Å². The van der Waals surface area contributed by atoms with E-state index in [1.54, 1.807) is 0 Å². The van der Waals surface area contributed by atoms with Crippen LogP contribution in [0.3, 0.4) is 0 Å². The highest BCUT2D eigenvalue weighted by Gasteiger charge is 2.36. The first-order valence-electron chi connectivity index (χ1n) is 8.29. The van der Waals surface area contributed by atoms with Crippen molar-refractivity contribution in [2.24, 2.45) is 17.7 Å². The fraction of sp³-hybridized carbons (Fsp3) is 0.812. The molecular weight excluding hydrogens is 302 g/mol. The third kappa shape index (κ3) is 9.89. The summed E-state index contributed by atoms with van der Waals surface area (Å²) in [5.41, 5.74) is 0. The average Bonchev–Trinajstić information content (AvgIpc) is 2.50. The molecule has 0 saturated carbocycles. The zero-order valence-electron chi connectivity index (χ0n) is 13.8. The average molecular weight is 331 g/mol. The van der Waals surface area contributed by atoms with Crippen molar-refractivity contribution in [1.82, 2.24) is 0 Å². The van der Waals surface area contributed by atoms with Gasteiger partial charge in [-0.1, -0.05) is 58.3 Å². The molecule has 7 nitrogen and oxygen atoms in total. The first-order valence-corrected chi connectivity index (χ1v) is 8.29. The van der Waals surface area contributed by atoms with Gasteiger partial charge < -0.3 is 15.1 Å². The molecule has 0 amide bonds. The van der Waals surface area contributed by atoms with E-state index in [1.807, 2.05) is 0 Å². The van der Waals surface area contributed by atoms with Gasteiger partial charge in [-0.2, -0.15) is 5.90 Å². The van der Waals surface area contributed by atoms with Gasteiger partial charge in [-0.05, 0) is 6.42 Å². The zero-order valence-corrected chi connectivity index (χ0v) is 13.8. The molecule has 0 spiro atoms. The van der Waals surface area contributed by atoms with Crippen molar-refractivity contribution in [2.45, 2.75) is 71.1 Å². The molecule has 0 bridgehead atoms. The van der Waals surface area contributed by atoms with E-state index in [4.69, 9.17) is 11.0 Å². The Kier molecular flexibility index (Phi) is 12.0. The minimum Gasteiger partial charge on any atom is -0.481 e. The molecular formula is C16H29NO6. The van der Waals surface area contributed by atoms with Gasteiger partial charge in [0.1, 0.15) is 0 Å². The number of hydrogen-bond acceptors (Lipinski definition) is 5. The van der Waals surface area contributed by atoms with Gasteiger partial charge >= 0.3 is 17.9 Å². The molecule has 2 unspecified atom stereocenters. The number of carboxylic acids is 2. The number of nitrogens with two attached hydrogens (primary N) is 1. The van der Waals surface area contributed by atoms with Crippen molar-refractivity contribution < 1.29 is 29.4 Å². The lowest BCUT2D eigenvalue weighted by molar-refractivity contribution is -0.161. The van der Waals surface area contributed by atoms with Crippen LogP contribution < -0.4 is 5.90 Å². The van der Waals surface area contributed by atoms with E-state index in [-0.39, 0.29) is 6.42 Å². The Morgan fingerprint density at radius 2 is 1.43 bits per heavy atom. The maximum atomic E-state index is 11.6. The predicted molar refractivity (Wildman–Crippen MR) is 84.4 cm³/mol. The summed E-state index contributed by atoms with van der Waals surface area (Å²) in [6.07, 6.45) is 8.12. The van der Waals surface area contributed by atoms with Crippen LogP contribution in [0.15, 0.2) is 0 Å². The maximum Gasteiger partial charge on any atom is 0.328 e. The molecule has 0 rings (SSSR count). The zero-order chi connectivity index (χ0) is 17.7. The number of rotatable bonds is 14.